The van der Waals surface area contributed by atoms with Crippen LogP contribution in [0.1, 0.15) is 44.2 Å². The quantitative estimate of drug-likeness (QED) is 0.889. The van der Waals surface area contributed by atoms with Crippen LogP contribution in [0.15, 0.2) is 18.2 Å². The van der Waals surface area contributed by atoms with Crippen molar-refractivity contribution in [3.63, 3.8) is 0 Å². The molecule has 0 amide bonds. The molecule has 2 nitrogen and oxygen atoms in total. The van der Waals surface area contributed by atoms with Crippen molar-refractivity contribution >= 4 is 12.4 Å². The second-order valence-electron chi connectivity index (χ2n) is 5.35. The molecule has 0 saturated heterocycles. The molecule has 2 rings (SSSR count). The van der Waals surface area contributed by atoms with E-state index in [1.54, 1.807) is 0 Å². The molecule has 3 heteroatoms. The third-order valence-electron chi connectivity index (χ3n) is 3.97. The monoisotopic (exact) mass is 283 g/mol. The van der Waals surface area contributed by atoms with E-state index in [9.17, 15) is 5.11 Å². The average molecular weight is 284 g/mol. The standard InChI is InChI=1S/C16H25NO.ClH/c1-3-10-17(11-4-2)14-8-9-15-13(12-14)6-5-7-16(15)18;/h5-7,14,18H,3-4,8-12H2,1-2H3;1H. The van der Waals surface area contributed by atoms with Gasteiger partial charge in [0.15, 0.2) is 0 Å². The van der Waals surface area contributed by atoms with E-state index in [2.05, 4.69) is 24.8 Å². The highest BCUT2D eigenvalue weighted by molar-refractivity contribution is 5.85. The minimum atomic E-state index is 0. The number of halogens is 1. The summed E-state index contributed by atoms with van der Waals surface area (Å²) in [7, 11) is 0. The van der Waals surface area contributed by atoms with E-state index in [1.807, 2.05) is 12.1 Å². The van der Waals surface area contributed by atoms with Gasteiger partial charge in [-0.05, 0) is 62.4 Å². The molecule has 0 heterocycles. The van der Waals surface area contributed by atoms with Crippen molar-refractivity contribution < 1.29 is 5.11 Å². The van der Waals surface area contributed by atoms with Gasteiger partial charge < -0.3 is 10.0 Å². The summed E-state index contributed by atoms with van der Waals surface area (Å²) in [5.41, 5.74) is 2.53. The fourth-order valence-electron chi connectivity index (χ4n) is 3.13. The summed E-state index contributed by atoms with van der Waals surface area (Å²) in [4.78, 5) is 2.63. The van der Waals surface area contributed by atoms with E-state index in [1.165, 1.54) is 43.5 Å². The Morgan fingerprint density at radius 3 is 2.53 bits per heavy atom. The number of phenols is 1. The van der Waals surface area contributed by atoms with Gasteiger partial charge in [-0.25, -0.2) is 0 Å². The third kappa shape index (κ3) is 3.87. The molecule has 0 spiro atoms. The number of hydrogen-bond donors (Lipinski definition) is 1. The van der Waals surface area contributed by atoms with E-state index >= 15 is 0 Å². The Morgan fingerprint density at radius 2 is 1.89 bits per heavy atom. The molecule has 0 bridgehead atoms. The molecule has 0 radical (unpaired) electrons. The Labute approximate surface area is 123 Å². The number of rotatable bonds is 5. The number of aromatic hydroxyl groups is 1. The second-order valence-corrected chi connectivity index (χ2v) is 5.35. The summed E-state index contributed by atoms with van der Waals surface area (Å²) >= 11 is 0. The summed E-state index contributed by atoms with van der Waals surface area (Å²) in [6.45, 7) is 6.91. The molecule has 1 aliphatic carbocycles. The lowest BCUT2D eigenvalue weighted by Crippen LogP contribution is -2.40. The fraction of sp³-hybridized carbons (Fsp3) is 0.625. The Hall–Kier alpha value is -0.730. The summed E-state index contributed by atoms with van der Waals surface area (Å²) in [5, 5.41) is 9.87. The first-order valence-electron chi connectivity index (χ1n) is 7.30. The van der Waals surface area contributed by atoms with Crippen molar-refractivity contribution in [2.45, 2.75) is 52.0 Å². The van der Waals surface area contributed by atoms with Gasteiger partial charge in [-0.2, -0.15) is 0 Å². The summed E-state index contributed by atoms with van der Waals surface area (Å²) in [5.74, 6) is 0.489. The first kappa shape index (κ1) is 16.3. The molecule has 1 aliphatic rings. The Morgan fingerprint density at radius 1 is 1.21 bits per heavy atom. The van der Waals surface area contributed by atoms with Gasteiger partial charge in [0, 0.05) is 6.04 Å². The van der Waals surface area contributed by atoms with Gasteiger partial charge >= 0.3 is 0 Å². The second kappa shape index (κ2) is 7.76. The molecule has 1 N–H and O–H groups in total. The highest BCUT2D eigenvalue weighted by Crippen LogP contribution is 2.30. The largest absolute Gasteiger partial charge is 0.508 e. The van der Waals surface area contributed by atoms with Crippen LogP contribution in [0, 0.1) is 0 Å². The van der Waals surface area contributed by atoms with Gasteiger partial charge in [0.2, 0.25) is 0 Å². The van der Waals surface area contributed by atoms with E-state index in [4.69, 9.17) is 0 Å². The highest BCUT2D eigenvalue weighted by Gasteiger charge is 2.24. The van der Waals surface area contributed by atoms with Crippen LogP contribution in [-0.4, -0.2) is 29.1 Å². The fourth-order valence-corrected chi connectivity index (χ4v) is 3.13. The highest BCUT2D eigenvalue weighted by atomic mass is 35.5. The molecule has 1 atom stereocenters. The first-order chi connectivity index (χ1) is 8.76. The van der Waals surface area contributed by atoms with E-state index in [-0.39, 0.29) is 12.4 Å². The molecule has 0 saturated carbocycles. The first-order valence-corrected chi connectivity index (χ1v) is 7.30. The number of phenolic OH excluding ortho intramolecular Hbond substituents is 1. The van der Waals surface area contributed by atoms with Crippen LogP contribution in [0.5, 0.6) is 5.75 Å². The maximum atomic E-state index is 9.87. The minimum Gasteiger partial charge on any atom is -0.508 e. The topological polar surface area (TPSA) is 23.5 Å². The van der Waals surface area contributed by atoms with E-state index < -0.39 is 0 Å². The zero-order valence-corrected chi connectivity index (χ0v) is 12.9. The van der Waals surface area contributed by atoms with Crippen LogP contribution in [0.2, 0.25) is 0 Å². The number of hydrogen-bond acceptors (Lipinski definition) is 2. The van der Waals surface area contributed by atoms with Crippen LogP contribution in [0.25, 0.3) is 0 Å². The van der Waals surface area contributed by atoms with Crippen LogP contribution in [-0.2, 0) is 12.8 Å². The van der Waals surface area contributed by atoms with Gasteiger partial charge in [-0.3, -0.25) is 0 Å². The lowest BCUT2D eigenvalue weighted by molar-refractivity contribution is 0.179. The van der Waals surface area contributed by atoms with Gasteiger partial charge in [0.05, 0.1) is 0 Å². The van der Waals surface area contributed by atoms with Gasteiger partial charge in [0.25, 0.3) is 0 Å². The average Bonchev–Trinajstić information content (AvgIpc) is 2.38. The third-order valence-corrected chi connectivity index (χ3v) is 3.97. The van der Waals surface area contributed by atoms with E-state index in [0.717, 1.165) is 12.8 Å². The summed E-state index contributed by atoms with van der Waals surface area (Å²) in [6.07, 6.45) is 5.76. The Balaban J connectivity index is 0.00000180. The Bertz CT molecular complexity index is 388. The van der Waals surface area contributed by atoms with Crippen molar-refractivity contribution in [1.82, 2.24) is 4.90 Å². The van der Waals surface area contributed by atoms with Crippen LogP contribution >= 0.6 is 12.4 Å². The van der Waals surface area contributed by atoms with Crippen LogP contribution < -0.4 is 0 Å². The normalized spacial score (nSPS) is 17.9. The lowest BCUT2D eigenvalue weighted by atomic mass is 9.86. The smallest absolute Gasteiger partial charge is 0.119 e. The zero-order chi connectivity index (χ0) is 13.0. The maximum absolute atomic E-state index is 9.87. The number of fused-ring (bicyclic) bond motifs is 1. The number of benzene rings is 1. The van der Waals surface area contributed by atoms with E-state index in [0.29, 0.717) is 11.8 Å². The molecular formula is C16H26ClNO. The lowest BCUT2D eigenvalue weighted by Gasteiger charge is -2.35. The van der Waals surface area contributed by atoms with Crippen LogP contribution in [0.4, 0.5) is 0 Å². The number of nitrogens with zero attached hydrogens (tertiary/aromatic N) is 1. The SMILES string of the molecule is CCCN(CCC)C1CCc2c(O)cccc2C1.Cl. The van der Waals surface area contributed by atoms with Gasteiger partial charge in [-0.1, -0.05) is 26.0 Å². The van der Waals surface area contributed by atoms with Crippen LogP contribution in [0.3, 0.4) is 0 Å². The molecular weight excluding hydrogens is 258 g/mol. The molecule has 0 aliphatic heterocycles. The molecule has 0 aromatic heterocycles. The molecule has 1 aromatic carbocycles. The predicted octanol–water partition coefficient (Wildman–Crippen LogP) is 3.79. The van der Waals surface area contributed by atoms with Crippen molar-refractivity contribution in [2.75, 3.05) is 13.1 Å². The Kier molecular flexibility index (Phi) is 6.67. The molecule has 19 heavy (non-hydrogen) atoms. The van der Waals surface area contributed by atoms with Crippen molar-refractivity contribution in [1.29, 1.82) is 0 Å². The van der Waals surface area contributed by atoms with Crippen molar-refractivity contribution in [3.8, 4) is 5.75 Å². The molecule has 0 fully saturated rings. The molecule has 1 aromatic rings. The minimum absolute atomic E-state index is 0. The zero-order valence-electron chi connectivity index (χ0n) is 12.1. The summed E-state index contributed by atoms with van der Waals surface area (Å²) in [6, 6.07) is 6.63. The van der Waals surface area contributed by atoms with Gasteiger partial charge in [-0.15, -0.1) is 12.4 Å². The molecule has 108 valence electrons. The predicted molar refractivity (Wildman–Crippen MR) is 83.3 cm³/mol. The van der Waals surface area contributed by atoms with Gasteiger partial charge in [0.1, 0.15) is 5.75 Å². The maximum Gasteiger partial charge on any atom is 0.119 e. The van der Waals surface area contributed by atoms with Crippen molar-refractivity contribution in [3.05, 3.63) is 29.3 Å². The van der Waals surface area contributed by atoms with Crippen molar-refractivity contribution in [2.24, 2.45) is 0 Å². The molecule has 1 unspecified atom stereocenters. The summed E-state index contributed by atoms with van der Waals surface area (Å²) < 4.78 is 0.